The second kappa shape index (κ2) is 9.29. The second-order valence-electron chi connectivity index (χ2n) is 7.52. The van der Waals surface area contributed by atoms with Crippen molar-refractivity contribution in [2.45, 2.75) is 77.9 Å². The molecular formula is C18H29NO6. The quantitative estimate of drug-likeness (QED) is 0.467. The molecule has 0 aliphatic carbocycles. The number of hydrogen-bond acceptors (Lipinski definition) is 6. The summed E-state index contributed by atoms with van der Waals surface area (Å²) in [6.45, 7) is 5.67. The van der Waals surface area contributed by atoms with Crippen molar-refractivity contribution in [3.63, 3.8) is 0 Å². The van der Waals surface area contributed by atoms with Gasteiger partial charge in [-0.3, -0.25) is 9.59 Å². The SMILES string of the molecule is CC(C)(CCCCC(=O)ON1C(=O)CCC1=O)COC1CCCCO1. The molecule has 0 bridgehead atoms. The van der Waals surface area contributed by atoms with Crippen molar-refractivity contribution in [1.29, 1.82) is 0 Å². The predicted molar refractivity (Wildman–Crippen MR) is 89.0 cm³/mol. The van der Waals surface area contributed by atoms with Crippen LogP contribution in [0, 0.1) is 5.41 Å². The topological polar surface area (TPSA) is 82.1 Å². The first kappa shape index (κ1) is 19.8. The fraction of sp³-hybridized carbons (Fsp3) is 0.833. The smallest absolute Gasteiger partial charge is 0.333 e. The molecule has 2 amide bonds. The van der Waals surface area contributed by atoms with Crippen molar-refractivity contribution in [2.24, 2.45) is 5.41 Å². The fourth-order valence-corrected chi connectivity index (χ4v) is 2.91. The van der Waals surface area contributed by atoms with Gasteiger partial charge in [0, 0.05) is 25.9 Å². The van der Waals surface area contributed by atoms with Crippen LogP contribution in [0.3, 0.4) is 0 Å². The highest BCUT2D eigenvalue weighted by molar-refractivity contribution is 6.01. The Bertz CT molecular complexity index is 468. The molecule has 25 heavy (non-hydrogen) atoms. The molecule has 0 aromatic carbocycles. The molecule has 2 rings (SSSR count). The van der Waals surface area contributed by atoms with E-state index in [9.17, 15) is 14.4 Å². The summed E-state index contributed by atoms with van der Waals surface area (Å²) in [5, 5.41) is 0.601. The van der Waals surface area contributed by atoms with Crippen LogP contribution in [0.4, 0.5) is 0 Å². The van der Waals surface area contributed by atoms with Crippen LogP contribution in [-0.4, -0.2) is 42.4 Å². The van der Waals surface area contributed by atoms with Gasteiger partial charge in [-0.25, -0.2) is 4.79 Å². The highest BCUT2D eigenvalue weighted by Crippen LogP contribution is 2.26. The third-order valence-electron chi connectivity index (χ3n) is 4.48. The lowest BCUT2D eigenvalue weighted by Crippen LogP contribution is -2.32. The molecule has 1 atom stereocenters. The summed E-state index contributed by atoms with van der Waals surface area (Å²) in [7, 11) is 0. The van der Waals surface area contributed by atoms with Gasteiger partial charge in [0.2, 0.25) is 0 Å². The third-order valence-corrected chi connectivity index (χ3v) is 4.48. The summed E-state index contributed by atoms with van der Waals surface area (Å²) in [6.07, 6.45) is 5.96. The van der Waals surface area contributed by atoms with Crippen LogP contribution in [-0.2, 0) is 28.7 Å². The van der Waals surface area contributed by atoms with Gasteiger partial charge in [-0.15, -0.1) is 5.06 Å². The zero-order valence-corrected chi connectivity index (χ0v) is 15.3. The van der Waals surface area contributed by atoms with E-state index in [2.05, 4.69) is 13.8 Å². The average Bonchev–Trinajstić information content (AvgIpc) is 2.90. The first-order chi connectivity index (χ1) is 11.9. The summed E-state index contributed by atoms with van der Waals surface area (Å²) in [5.41, 5.74) is 0.00555. The standard InChI is InChI=1S/C18H29NO6/c1-18(2,13-24-17-8-4-6-12-23-17)11-5-3-7-16(22)25-19-14(20)9-10-15(19)21/h17H,3-13H2,1-2H3. The summed E-state index contributed by atoms with van der Waals surface area (Å²) in [6, 6.07) is 0. The van der Waals surface area contributed by atoms with Crippen molar-refractivity contribution in [3.8, 4) is 0 Å². The maximum absolute atomic E-state index is 11.7. The first-order valence-electron chi connectivity index (χ1n) is 9.17. The average molecular weight is 355 g/mol. The summed E-state index contributed by atoms with van der Waals surface area (Å²) < 4.78 is 11.4. The van der Waals surface area contributed by atoms with E-state index in [0.717, 1.165) is 38.7 Å². The number of carbonyl (C=O) groups excluding carboxylic acids is 3. The number of hydroxylamine groups is 2. The lowest BCUT2D eigenvalue weighted by Gasteiger charge is -2.29. The Morgan fingerprint density at radius 1 is 1.20 bits per heavy atom. The lowest BCUT2D eigenvalue weighted by atomic mass is 9.88. The van der Waals surface area contributed by atoms with Gasteiger partial charge in [-0.1, -0.05) is 20.3 Å². The third kappa shape index (κ3) is 6.74. The molecule has 7 heteroatoms. The molecule has 2 fully saturated rings. The molecule has 0 aromatic rings. The first-order valence-corrected chi connectivity index (χ1v) is 9.17. The predicted octanol–water partition coefficient (Wildman–Crippen LogP) is 2.72. The molecule has 7 nitrogen and oxygen atoms in total. The van der Waals surface area contributed by atoms with Gasteiger partial charge in [0.1, 0.15) is 0 Å². The summed E-state index contributed by atoms with van der Waals surface area (Å²) in [5.74, 6) is -1.42. The minimum absolute atomic E-state index is 0.00555. The largest absolute Gasteiger partial charge is 0.353 e. The molecule has 2 saturated heterocycles. The van der Waals surface area contributed by atoms with Crippen molar-refractivity contribution in [1.82, 2.24) is 5.06 Å². The molecule has 0 aromatic heterocycles. The van der Waals surface area contributed by atoms with Crippen LogP contribution in [0.25, 0.3) is 0 Å². The van der Waals surface area contributed by atoms with Crippen LogP contribution in [0.15, 0.2) is 0 Å². The van der Waals surface area contributed by atoms with E-state index in [-0.39, 0.29) is 31.0 Å². The lowest BCUT2D eigenvalue weighted by molar-refractivity contribution is -0.197. The highest BCUT2D eigenvalue weighted by Gasteiger charge is 2.32. The Hall–Kier alpha value is -1.47. The van der Waals surface area contributed by atoms with E-state index in [1.807, 2.05) is 0 Å². The van der Waals surface area contributed by atoms with Crippen molar-refractivity contribution in [3.05, 3.63) is 0 Å². The summed E-state index contributed by atoms with van der Waals surface area (Å²) in [4.78, 5) is 39.4. The molecule has 142 valence electrons. The monoisotopic (exact) mass is 355 g/mol. The van der Waals surface area contributed by atoms with Gasteiger partial charge >= 0.3 is 5.97 Å². The van der Waals surface area contributed by atoms with Gasteiger partial charge in [0.05, 0.1) is 6.61 Å². The number of carbonyl (C=O) groups is 3. The Kier molecular flexibility index (Phi) is 7.38. The zero-order valence-electron chi connectivity index (χ0n) is 15.3. The van der Waals surface area contributed by atoms with Crippen LogP contribution in [0.1, 0.15) is 71.6 Å². The molecule has 2 heterocycles. The van der Waals surface area contributed by atoms with Crippen molar-refractivity contribution >= 4 is 17.8 Å². The Balaban J connectivity index is 1.58. The number of ether oxygens (including phenoxy) is 2. The van der Waals surface area contributed by atoms with E-state index < -0.39 is 17.8 Å². The molecule has 0 radical (unpaired) electrons. The zero-order chi connectivity index (χ0) is 18.3. The normalized spacial score (nSPS) is 21.7. The highest BCUT2D eigenvalue weighted by atomic mass is 16.7. The van der Waals surface area contributed by atoms with Gasteiger partial charge < -0.3 is 14.3 Å². The maximum Gasteiger partial charge on any atom is 0.333 e. The van der Waals surface area contributed by atoms with Gasteiger partial charge in [0.15, 0.2) is 6.29 Å². The fourth-order valence-electron chi connectivity index (χ4n) is 2.91. The van der Waals surface area contributed by atoms with Crippen molar-refractivity contribution < 1.29 is 28.7 Å². The number of imide groups is 1. The second-order valence-corrected chi connectivity index (χ2v) is 7.52. The van der Waals surface area contributed by atoms with E-state index in [4.69, 9.17) is 14.3 Å². The minimum atomic E-state index is -0.534. The van der Waals surface area contributed by atoms with Crippen molar-refractivity contribution in [2.75, 3.05) is 13.2 Å². The molecule has 1 unspecified atom stereocenters. The van der Waals surface area contributed by atoms with E-state index >= 15 is 0 Å². The van der Waals surface area contributed by atoms with Crippen LogP contribution in [0.5, 0.6) is 0 Å². The molecule has 2 aliphatic rings. The van der Waals surface area contributed by atoms with E-state index in [1.165, 1.54) is 0 Å². The molecule has 2 aliphatic heterocycles. The van der Waals surface area contributed by atoms with Gasteiger partial charge in [-0.2, -0.15) is 0 Å². The maximum atomic E-state index is 11.7. The number of hydrogen-bond donors (Lipinski definition) is 0. The molecule has 0 spiro atoms. The van der Waals surface area contributed by atoms with Crippen LogP contribution in [0.2, 0.25) is 0 Å². The minimum Gasteiger partial charge on any atom is -0.353 e. The summed E-state index contributed by atoms with van der Waals surface area (Å²) >= 11 is 0. The Labute approximate surface area is 148 Å². The Morgan fingerprint density at radius 2 is 1.92 bits per heavy atom. The number of amides is 2. The van der Waals surface area contributed by atoms with E-state index in [1.54, 1.807) is 0 Å². The van der Waals surface area contributed by atoms with Gasteiger partial charge in [-0.05, 0) is 37.5 Å². The number of rotatable bonds is 9. The molecule has 0 N–H and O–H groups in total. The molecular weight excluding hydrogens is 326 g/mol. The van der Waals surface area contributed by atoms with E-state index in [0.29, 0.717) is 18.1 Å². The van der Waals surface area contributed by atoms with Crippen LogP contribution >= 0.6 is 0 Å². The number of unbranched alkanes of at least 4 members (excludes halogenated alkanes) is 1. The number of nitrogens with zero attached hydrogens (tertiary/aromatic N) is 1. The Morgan fingerprint density at radius 3 is 2.56 bits per heavy atom. The van der Waals surface area contributed by atoms with Gasteiger partial charge in [0.25, 0.3) is 11.8 Å². The molecule has 0 saturated carbocycles. The van der Waals surface area contributed by atoms with Crippen LogP contribution < -0.4 is 0 Å².